The molecule has 24 heavy (non-hydrogen) atoms. The molecular weight excluding hydrogens is 302 g/mol. The molecule has 0 unspecified atom stereocenters. The first-order chi connectivity index (χ1) is 11.6. The van der Waals surface area contributed by atoms with Gasteiger partial charge in [0.25, 0.3) is 5.91 Å². The molecule has 0 atom stereocenters. The van der Waals surface area contributed by atoms with Crippen LogP contribution in [0.5, 0.6) is 0 Å². The topological polar surface area (TPSA) is 71.1 Å². The van der Waals surface area contributed by atoms with Gasteiger partial charge >= 0.3 is 0 Å². The van der Waals surface area contributed by atoms with E-state index >= 15 is 0 Å². The Labute approximate surface area is 141 Å². The Morgan fingerprint density at radius 2 is 1.96 bits per heavy atom. The van der Waals surface area contributed by atoms with Crippen molar-refractivity contribution in [2.75, 3.05) is 13.1 Å². The molecule has 1 heterocycles. The van der Waals surface area contributed by atoms with Crippen LogP contribution in [0.3, 0.4) is 0 Å². The number of para-hydroxylation sites is 1. The Kier molecular flexibility index (Phi) is 4.79. The van der Waals surface area contributed by atoms with Crippen LogP contribution in [-0.4, -0.2) is 29.9 Å². The molecule has 5 nitrogen and oxygen atoms in total. The third-order valence-corrected chi connectivity index (χ3v) is 4.26. The van der Waals surface area contributed by atoms with Gasteiger partial charge in [0, 0.05) is 17.6 Å². The van der Waals surface area contributed by atoms with Gasteiger partial charge in [-0.1, -0.05) is 32.0 Å². The number of benzene rings is 1. The molecule has 5 heteroatoms. The average molecular weight is 325 g/mol. The zero-order chi connectivity index (χ0) is 17.1. The quantitative estimate of drug-likeness (QED) is 0.885. The van der Waals surface area contributed by atoms with Gasteiger partial charge in [-0.3, -0.25) is 14.6 Å². The number of aryl methyl sites for hydroxylation is 1. The highest BCUT2D eigenvalue weighted by Gasteiger charge is 2.23. The number of amides is 2. The summed E-state index contributed by atoms with van der Waals surface area (Å²) in [5, 5.41) is 6.44. The maximum Gasteiger partial charge on any atom is 0.252 e. The van der Waals surface area contributed by atoms with Crippen molar-refractivity contribution >= 4 is 22.7 Å². The Balaban J connectivity index is 1.81. The van der Waals surface area contributed by atoms with Gasteiger partial charge in [0.05, 0.1) is 17.6 Å². The first-order valence-electron chi connectivity index (χ1n) is 8.51. The second-order valence-corrected chi connectivity index (χ2v) is 6.66. The number of rotatable bonds is 5. The molecule has 2 aromatic rings. The van der Waals surface area contributed by atoms with Crippen LogP contribution in [0.1, 0.15) is 41.9 Å². The number of carbonyl (C=O) groups excluding carboxylic acids is 2. The standard InChI is InChI=1S/C19H23N3O2/c1-12(2)10-20-17(23)11-21-19(24)18-13-6-3-4-8-15(13)22-16-9-5-7-14(16)18/h3-4,6,8,12H,5,7,9-11H2,1-2H3,(H,20,23)(H,21,24). The molecule has 1 aromatic carbocycles. The number of hydrogen-bond acceptors (Lipinski definition) is 3. The molecule has 1 aromatic heterocycles. The Hall–Kier alpha value is -2.43. The highest BCUT2D eigenvalue weighted by molar-refractivity contribution is 6.08. The van der Waals surface area contributed by atoms with Crippen LogP contribution in [-0.2, 0) is 17.6 Å². The molecule has 0 saturated carbocycles. The van der Waals surface area contributed by atoms with Crippen molar-refractivity contribution in [3.8, 4) is 0 Å². The molecule has 0 saturated heterocycles. The maximum atomic E-state index is 12.7. The number of aromatic nitrogens is 1. The third-order valence-electron chi connectivity index (χ3n) is 4.26. The maximum absolute atomic E-state index is 12.7. The molecule has 0 fully saturated rings. The summed E-state index contributed by atoms with van der Waals surface area (Å²) in [6, 6.07) is 7.70. The molecule has 0 aliphatic heterocycles. The van der Waals surface area contributed by atoms with Gasteiger partial charge < -0.3 is 10.6 Å². The molecule has 0 radical (unpaired) electrons. The summed E-state index contributed by atoms with van der Waals surface area (Å²) in [5.41, 5.74) is 3.58. The van der Waals surface area contributed by atoms with E-state index in [9.17, 15) is 9.59 Å². The summed E-state index contributed by atoms with van der Waals surface area (Å²) in [7, 11) is 0. The van der Waals surface area contributed by atoms with Crippen LogP contribution < -0.4 is 10.6 Å². The second kappa shape index (κ2) is 6.99. The minimum absolute atomic E-state index is 0.00300. The number of hydrogen-bond donors (Lipinski definition) is 2. The van der Waals surface area contributed by atoms with Gasteiger partial charge in [0.2, 0.25) is 5.91 Å². The Morgan fingerprint density at radius 3 is 2.75 bits per heavy atom. The second-order valence-electron chi connectivity index (χ2n) is 6.66. The number of pyridine rings is 1. The van der Waals surface area contributed by atoms with Crippen molar-refractivity contribution in [3.63, 3.8) is 0 Å². The summed E-state index contributed by atoms with van der Waals surface area (Å²) in [4.78, 5) is 29.3. The van der Waals surface area contributed by atoms with E-state index in [1.165, 1.54) is 0 Å². The SMILES string of the molecule is CC(C)CNC(=O)CNC(=O)c1c2c(nc3ccccc13)CCC2. The van der Waals surface area contributed by atoms with E-state index in [4.69, 9.17) is 0 Å². The Morgan fingerprint density at radius 1 is 1.17 bits per heavy atom. The minimum Gasteiger partial charge on any atom is -0.354 e. The molecule has 0 spiro atoms. The van der Waals surface area contributed by atoms with Gasteiger partial charge in [-0.2, -0.15) is 0 Å². The van der Waals surface area contributed by atoms with E-state index in [0.717, 1.165) is 41.4 Å². The van der Waals surface area contributed by atoms with Crippen LogP contribution in [0.4, 0.5) is 0 Å². The molecule has 2 N–H and O–H groups in total. The van der Waals surface area contributed by atoms with E-state index in [-0.39, 0.29) is 18.4 Å². The highest BCUT2D eigenvalue weighted by atomic mass is 16.2. The first kappa shape index (κ1) is 16.4. The Bertz CT molecular complexity index is 784. The predicted octanol–water partition coefficient (Wildman–Crippen LogP) is 2.23. The highest BCUT2D eigenvalue weighted by Crippen LogP contribution is 2.29. The van der Waals surface area contributed by atoms with Gasteiger partial charge in [-0.25, -0.2) is 0 Å². The van der Waals surface area contributed by atoms with E-state index in [0.29, 0.717) is 18.0 Å². The van der Waals surface area contributed by atoms with Crippen molar-refractivity contribution in [2.45, 2.75) is 33.1 Å². The van der Waals surface area contributed by atoms with Crippen molar-refractivity contribution in [1.29, 1.82) is 0 Å². The molecule has 3 rings (SSSR count). The monoisotopic (exact) mass is 325 g/mol. The van der Waals surface area contributed by atoms with Gasteiger partial charge in [-0.15, -0.1) is 0 Å². The van der Waals surface area contributed by atoms with Crippen LogP contribution in [0.25, 0.3) is 10.9 Å². The van der Waals surface area contributed by atoms with E-state index < -0.39 is 0 Å². The fourth-order valence-electron chi connectivity index (χ4n) is 3.10. The number of nitrogens with one attached hydrogen (secondary N) is 2. The van der Waals surface area contributed by atoms with Crippen LogP contribution >= 0.6 is 0 Å². The van der Waals surface area contributed by atoms with Crippen LogP contribution in [0.2, 0.25) is 0 Å². The summed E-state index contributed by atoms with van der Waals surface area (Å²) >= 11 is 0. The smallest absolute Gasteiger partial charge is 0.252 e. The lowest BCUT2D eigenvalue weighted by atomic mass is 10.0. The lowest BCUT2D eigenvalue weighted by molar-refractivity contribution is -0.120. The first-order valence-corrected chi connectivity index (χ1v) is 8.51. The summed E-state index contributed by atoms with van der Waals surface area (Å²) in [6.07, 6.45) is 2.80. The van der Waals surface area contributed by atoms with Crippen molar-refractivity contribution < 1.29 is 9.59 Å². The van der Waals surface area contributed by atoms with E-state index in [2.05, 4.69) is 15.6 Å². The average Bonchev–Trinajstić information content (AvgIpc) is 3.03. The zero-order valence-corrected chi connectivity index (χ0v) is 14.2. The fourth-order valence-corrected chi connectivity index (χ4v) is 3.10. The van der Waals surface area contributed by atoms with Crippen LogP contribution in [0.15, 0.2) is 24.3 Å². The fraction of sp³-hybridized carbons (Fsp3) is 0.421. The van der Waals surface area contributed by atoms with E-state index in [1.54, 1.807) is 0 Å². The molecular formula is C19H23N3O2. The zero-order valence-electron chi connectivity index (χ0n) is 14.2. The normalized spacial score (nSPS) is 13.1. The van der Waals surface area contributed by atoms with E-state index in [1.807, 2.05) is 38.1 Å². The summed E-state index contributed by atoms with van der Waals surface area (Å²) < 4.78 is 0. The number of nitrogens with zero attached hydrogens (tertiary/aromatic N) is 1. The lowest BCUT2D eigenvalue weighted by Crippen LogP contribution is -2.38. The van der Waals surface area contributed by atoms with Crippen molar-refractivity contribution in [1.82, 2.24) is 15.6 Å². The predicted molar refractivity (Wildman–Crippen MR) is 93.9 cm³/mol. The van der Waals surface area contributed by atoms with Gasteiger partial charge in [-0.05, 0) is 36.8 Å². The van der Waals surface area contributed by atoms with Gasteiger partial charge in [0.15, 0.2) is 0 Å². The molecule has 1 aliphatic rings. The van der Waals surface area contributed by atoms with Gasteiger partial charge in [0.1, 0.15) is 0 Å². The molecule has 0 bridgehead atoms. The molecule has 1 aliphatic carbocycles. The minimum atomic E-state index is -0.188. The number of fused-ring (bicyclic) bond motifs is 2. The summed E-state index contributed by atoms with van der Waals surface area (Å²) in [6.45, 7) is 4.68. The van der Waals surface area contributed by atoms with Crippen LogP contribution in [0, 0.1) is 5.92 Å². The van der Waals surface area contributed by atoms with Crippen molar-refractivity contribution in [3.05, 3.63) is 41.1 Å². The van der Waals surface area contributed by atoms with Crippen molar-refractivity contribution in [2.24, 2.45) is 5.92 Å². The molecule has 126 valence electrons. The summed E-state index contributed by atoms with van der Waals surface area (Å²) in [5.74, 6) is 0.0376. The largest absolute Gasteiger partial charge is 0.354 e. The molecule has 2 amide bonds. The lowest BCUT2D eigenvalue weighted by Gasteiger charge is -2.13. The number of carbonyl (C=O) groups is 2. The third kappa shape index (κ3) is 3.40.